The van der Waals surface area contributed by atoms with Gasteiger partial charge in [-0.2, -0.15) is 0 Å². The van der Waals surface area contributed by atoms with Crippen molar-refractivity contribution in [1.82, 2.24) is 21.3 Å². The Hall–Kier alpha value is -2.20. The summed E-state index contributed by atoms with van der Waals surface area (Å²) in [5.74, 6) is -2.83. The maximum Gasteiger partial charge on any atom is 0.328 e. The predicted molar refractivity (Wildman–Crippen MR) is 92.1 cm³/mol. The molecule has 0 saturated carbocycles. The van der Waals surface area contributed by atoms with Gasteiger partial charge in [-0.1, -0.05) is 13.8 Å². The first-order valence-corrected chi connectivity index (χ1v) is 8.69. The molecule has 0 aromatic heterocycles. The maximum atomic E-state index is 12.2. The van der Waals surface area contributed by atoms with Crippen LogP contribution >= 0.6 is 0 Å². The van der Waals surface area contributed by atoms with Gasteiger partial charge in [0.1, 0.15) is 12.1 Å². The summed E-state index contributed by atoms with van der Waals surface area (Å²) >= 11 is 0. The topological polar surface area (TPSA) is 157 Å². The van der Waals surface area contributed by atoms with Crippen LogP contribution in [0.4, 0.5) is 0 Å². The highest BCUT2D eigenvalue weighted by atomic mass is 16.4. The summed E-state index contributed by atoms with van der Waals surface area (Å²) in [7, 11) is 0. The third kappa shape index (κ3) is 7.36. The van der Waals surface area contributed by atoms with Crippen molar-refractivity contribution in [3.63, 3.8) is 0 Å². The molecule has 6 N–H and O–H groups in total. The fourth-order valence-electron chi connectivity index (χ4n) is 2.60. The fourth-order valence-corrected chi connectivity index (χ4v) is 2.60. The van der Waals surface area contributed by atoms with Crippen LogP contribution in [-0.4, -0.2) is 71.7 Å². The quantitative estimate of drug-likeness (QED) is 0.258. The molecule has 3 unspecified atom stereocenters. The molecule has 10 nitrogen and oxygen atoms in total. The van der Waals surface area contributed by atoms with Crippen molar-refractivity contribution in [3.8, 4) is 0 Å². The minimum Gasteiger partial charge on any atom is -0.480 e. The van der Waals surface area contributed by atoms with Crippen molar-refractivity contribution < 1.29 is 29.4 Å². The van der Waals surface area contributed by atoms with Crippen molar-refractivity contribution in [2.75, 3.05) is 19.7 Å². The summed E-state index contributed by atoms with van der Waals surface area (Å²) in [5.41, 5.74) is 0. The summed E-state index contributed by atoms with van der Waals surface area (Å²) in [6.07, 6.45) is 1.90. The Morgan fingerprint density at radius 3 is 2.35 bits per heavy atom. The number of rotatable bonds is 10. The Kier molecular flexibility index (Phi) is 9.00. The van der Waals surface area contributed by atoms with E-state index < -0.39 is 36.5 Å². The summed E-state index contributed by atoms with van der Waals surface area (Å²) in [6, 6.07) is -2.71. The second-order valence-corrected chi connectivity index (χ2v) is 6.70. The normalized spacial score (nSPS) is 18.8. The van der Waals surface area contributed by atoms with Crippen LogP contribution in [0.15, 0.2) is 0 Å². The van der Waals surface area contributed by atoms with Gasteiger partial charge in [0.25, 0.3) is 0 Å². The smallest absolute Gasteiger partial charge is 0.328 e. The van der Waals surface area contributed by atoms with Gasteiger partial charge in [-0.3, -0.25) is 14.4 Å². The number of hydrogen-bond acceptors (Lipinski definition) is 6. The fraction of sp³-hybridized carbons (Fsp3) is 0.750. The lowest BCUT2D eigenvalue weighted by molar-refractivity contribution is -0.143. The van der Waals surface area contributed by atoms with Crippen LogP contribution in [0.25, 0.3) is 0 Å². The molecule has 3 atom stereocenters. The molecule has 0 spiro atoms. The van der Waals surface area contributed by atoms with Gasteiger partial charge in [-0.15, -0.1) is 0 Å². The van der Waals surface area contributed by atoms with E-state index in [1.165, 1.54) is 0 Å². The summed E-state index contributed by atoms with van der Waals surface area (Å²) in [6.45, 7) is 3.42. The number of aliphatic hydroxyl groups is 1. The minimum absolute atomic E-state index is 0.0562. The first kappa shape index (κ1) is 21.8. The van der Waals surface area contributed by atoms with Gasteiger partial charge < -0.3 is 31.5 Å². The Bertz CT molecular complexity index is 519. The van der Waals surface area contributed by atoms with Crippen molar-refractivity contribution in [2.24, 2.45) is 5.92 Å². The third-order valence-corrected chi connectivity index (χ3v) is 3.96. The molecule has 0 aliphatic carbocycles. The van der Waals surface area contributed by atoms with Crippen molar-refractivity contribution in [2.45, 2.75) is 51.2 Å². The number of aliphatic hydroxyl groups excluding tert-OH is 1. The number of carboxylic acid groups (broad SMARTS) is 1. The zero-order valence-electron chi connectivity index (χ0n) is 15.1. The molecule has 0 bridgehead atoms. The highest BCUT2D eigenvalue weighted by Crippen LogP contribution is 2.06. The molecule has 1 fully saturated rings. The molecule has 26 heavy (non-hydrogen) atoms. The Labute approximate surface area is 152 Å². The van der Waals surface area contributed by atoms with Crippen LogP contribution in [0.2, 0.25) is 0 Å². The lowest BCUT2D eigenvalue weighted by atomic mass is 10.0. The average Bonchev–Trinajstić information content (AvgIpc) is 3.10. The predicted octanol–water partition coefficient (Wildman–Crippen LogP) is -2.05. The monoisotopic (exact) mass is 372 g/mol. The van der Waals surface area contributed by atoms with Crippen molar-refractivity contribution >= 4 is 23.7 Å². The van der Waals surface area contributed by atoms with Gasteiger partial charge in [-0.25, -0.2) is 4.79 Å². The molecule has 0 aromatic rings. The first-order chi connectivity index (χ1) is 12.2. The Morgan fingerprint density at radius 1 is 1.15 bits per heavy atom. The summed E-state index contributed by atoms with van der Waals surface area (Å²) < 4.78 is 0. The van der Waals surface area contributed by atoms with Crippen molar-refractivity contribution in [3.05, 3.63) is 0 Å². The molecule has 3 amide bonds. The van der Waals surface area contributed by atoms with Gasteiger partial charge >= 0.3 is 5.97 Å². The highest BCUT2D eigenvalue weighted by molar-refractivity contribution is 5.92. The molecular weight excluding hydrogens is 344 g/mol. The molecular formula is C16H28N4O6. The molecule has 0 aromatic carbocycles. The van der Waals surface area contributed by atoms with Crippen LogP contribution in [-0.2, 0) is 19.2 Å². The average molecular weight is 372 g/mol. The first-order valence-electron chi connectivity index (χ1n) is 8.69. The zero-order valence-corrected chi connectivity index (χ0v) is 15.1. The van der Waals surface area contributed by atoms with Gasteiger partial charge in [0, 0.05) is 0 Å². The second-order valence-electron chi connectivity index (χ2n) is 6.70. The van der Waals surface area contributed by atoms with Crippen LogP contribution in [0.5, 0.6) is 0 Å². The molecule has 1 heterocycles. The number of aliphatic carboxylic acids is 1. The number of hydrogen-bond donors (Lipinski definition) is 6. The van der Waals surface area contributed by atoms with Gasteiger partial charge in [0.15, 0.2) is 0 Å². The van der Waals surface area contributed by atoms with E-state index in [4.69, 9.17) is 10.2 Å². The summed E-state index contributed by atoms with van der Waals surface area (Å²) in [5, 5.41) is 28.1. The van der Waals surface area contributed by atoms with Gasteiger partial charge in [0.2, 0.25) is 17.7 Å². The standard InChI is InChI=1S/C16H28N4O6/c1-9(2)6-11(15(24)20-12(8-21)16(25)26)19-13(22)7-18-14(23)10-4-3-5-17-10/h9-12,17,21H,3-8H2,1-2H3,(H,18,23)(H,19,22)(H,20,24)(H,25,26). The number of carboxylic acids is 1. The second kappa shape index (κ2) is 10.7. The Balaban J connectivity index is 2.56. The zero-order chi connectivity index (χ0) is 19.7. The largest absolute Gasteiger partial charge is 0.480 e. The van der Waals surface area contributed by atoms with E-state index in [0.29, 0.717) is 6.42 Å². The van der Waals surface area contributed by atoms with E-state index in [1.54, 1.807) is 0 Å². The number of carbonyl (C=O) groups is 4. The molecule has 1 aliphatic rings. The van der Waals surface area contributed by atoms with Crippen LogP contribution in [0, 0.1) is 5.92 Å². The highest BCUT2D eigenvalue weighted by Gasteiger charge is 2.27. The summed E-state index contributed by atoms with van der Waals surface area (Å²) in [4.78, 5) is 47.1. The number of carbonyl (C=O) groups excluding carboxylic acids is 3. The van der Waals surface area contributed by atoms with Crippen molar-refractivity contribution in [1.29, 1.82) is 0 Å². The number of nitrogens with one attached hydrogen (secondary N) is 4. The number of amides is 3. The molecule has 1 saturated heterocycles. The lowest BCUT2D eigenvalue weighted by Crippen LogP contribution is -2.54. The maximum absolute atomic E-state index is 12.2. The van der Waals surface area contributed by atoms with Crippen LogP contribution in [0.1, 0.15) is 33.1 Å². The molecule has 10 heteroatoms. The minimum atomic E-state index is -1.44. The Morgan fingerprint density at radius 2 is 1.85 bits per heavy atom. The van der Waals surface area contributed by atoms with E-state index >= 15 is 0 Å². The van der Waals surface area contributed by atoms with E-state index in [1.807, 2.05) is 13.8 Å². The van der Waals surface area contributed by atoms with Crippen LogP contribution in [0.3, 0.4) is 0 Å². The molecule has 148 valence electrons. The molecule has 1 aliphatic heterocycles. The molecule has 0 radical (unpaired) electrons. The van der Waals surface area contributed by atoms with Crippen LogP contribution < -0.4 is 21.3 Å². The van der Waals surface area contributed by atoms with E-state index in [9.17, 15) is 19.2 Å². The van der Waals surface area contributed by atoms with E-state index in [0.717, 1.165) is 13.0 Å². The molecule has 1 rings (SSSR count). The van der Waals surface area contributed by atoms with E-state index in [-0.39, 0.29) is 30.8 Å². The third-order valence-electron chi connectivity index (χ3n) is 3.96. The van der Waals surface area contributed by atoms with Gasteiger partial charge in [-0.05, 0) is 31.7 Å². The van der Waals surface area contributed by atoms with Gasteiger partial charge in [0.05, 0.1) is 19.2 Å². The van der Waals surface area contributed by atoms with E-state index in [2.05, 4.69) is 21.3 Å². The lowest BCUT2D eigenvalue weighted by Gasteiger charge is -2.22. The SMILES string of the molecule is CC(C)CC(NC(=O)CNC(=O)C1CCCN1)C(=O)NC(CO)C(=O)O.